The number of carbonyl (C=O) groups excluding carboxylic acids is 2. The first-order valence-electron chi connectivity index (χ1n) is 16.2. The lowest BCUT2D eigenvalue weighted by Gasteiger charge is -2.62. The minimum atomic E-state index is -5.52. The fourth-order valence-corrected chi connectivity index (χ4v) is 11.4. The fraction of sp³-hybridized carbons (Fsp3) is 0.938. The van der Waals surface area contributed by atoms with E-state index >= 15 is 13.2 Å². The Kier molecular flexibility index (Phi) is 7.16. The molecule has 4 atom stereocenters. The number of ether oxygens (including phenoxy) is 2. The molecule has 0 saturated heterocycles. The summed E-state index contributed by atoms with van der Waals surface area (Å²) in [5.74, 6) is -3.48. The molecule has 2 N–H and O–H groups in total. The standard InChI is InChI=1S/C32H44F6O6/c1-4-29(32(36,37)38,24(40)44-30(5-2)21-7-18-6-19(9-21)10-22(30)8-18)14-25(3,31(33,34)35)23(39)43-28-13-20-11-26(41,16-28)15-27(42,12-20)17-28/h18-22,41-42H,4-17H2,1-3H3. The van der Waals surface area contributed by atoms with Crippen molar-refractivity contribution in [1.82, 2.24) is 0 Å². The molecule has 250 valence electrons. The number of aliphatic hydroxyl groups is 2. The molecule has 0 aromatic rings. The van der Waals surface area contributed by atoms with Crippen molar-refractivity contribution in [3.8, 4) is 0 Å². The van der Waals surface area contributed by atoms with Crippen LogP contribution in [0, 0.1) is 40.4 Å². The van der Waals surface area contributed by atoms with Gasteiger partial charge in [0.2, 0.25) is 0 Å². The van der Waals surface area contributed by atoms with Gasteiger partial charge in [0.05, 0.1) is 11.2 Å². The Bertz CT molecular complexity index is 1150. The Morgan fingerprint density at radius 2 is 1.25 bits per heavy atom. The molecule has 0 aromatic heterocycles. The number of carbonyl (C=O) groups is 2. The number of hydrogen-bond donors (Lipinski definition) is 2. The van der Waals surface area contributed by atoms with Crippen molar-refractivity contribution in [1.29, 1.82) is 0 Å². The molecule has 8 fully saturated rings. The number of rotatable bonds is 8. The SMILES string of the molecule is CCC1(OC(=O)C(CC)(CC(C)(C(=O)OC23CC4CC(O)(CC(O)(C4)C2)C3)C(F)(F)F)C(F)(F)F)C2CC3CC(C2)CC1C3. The molecule has 8 rings (SSSR count). The Morgan fingerprint density at radius 3 is 1.66 bits per heavy atom. The Balaban J connectivity index is 1.32. The Morgan fingerprint density at radius 1 is 0.727 bits per heavy atom. The normalized spacial score (nSPS) is 45.1. The maximum Gasteiger partial charge on any atom is 0.404 e. The summed E-state index contributed by atoms with van der Waals surface area (Å²) in [5.41, 5.74) is -13.1. The maximum atomic E-state index is 15.1. The van der Waals surface area contributed by atoms with Crippen LogP contribution in [0.3, 0.4) is 0 Å². The van der Waals surface area contributed by atoms with E-state index in [4.69, 9.17) is 9.47 Å². The molecule has 4 unspecified atom stereocenters. The molecule has 6 nitrogen and oxygen atoms in total. The molecule has 0 heterocycles. The molecule has 8 aliphatic rings. The third kappa shape index (κ3) is 4.72. The van der Waals surface area contributed by atoms with Gasteiger partial charge in [0.15, 0.2) is 10.8 Å². The van der Waals surface area contributed by atoms with Gasteiger partial charge in [-0.3, -0.25) is 9.59 Å². The topological polar surface area (TPSA) is 93.1 Å². The van der Waals surface area contributed by atoms with Gasteiger partial charge in [-0.1, -0.05) is 13.8 Å². The first kappa shape index (κ1) is 32.4. The summed E-state index contributed by atoms with van der Waals surface area (Å²) >= 11 is 0. The number of hydrogen-bond acceptors (Lipinski definition) is 6. The molecular formula is C32H44F6O6. The molecular weight excluding hydrogens is 594 g/mol. The monoisotopic (exact) mass is 638 g/mol. The summed E-state index contributed by atoms with van der Waals surface area (Å²) in [6.45, 7) is 3.11. The van der Waals surface area contributed by atoms with Crippen molar-refractivity contribution in [3.05, 3.63) is 0 Å². The van der Waals surface area contributed by atoms with Crippen LogP contribution in [0.25, 0.3) is 0 Å². The highest BCUT2D eigenvalue weighted by Gasteiger charge is 2.72. The van der Waals surface area contributed by atoms with Crippen LogP contribution in [0.2, 0.25) is 0 Å². The van der Waals surface area contributed by atoms with Crippen LogP contribution in [0.1, 0.15) is 111 Å². The highest BCUT2D eigenvalue weighted by Crippen LogP contribution is 2.64. The van der Waals surface area contributed by atoms with Gasteiger partial charge < -0.3 is 19.7 Å². The lowest BCUT2D eigenvalue weighted by Crippen LogP contribution is -2.67. The predicted octanol–water partition coefficient (Wildman–Crippen LogP) is 6.79. The quantitative estimate of drug-likeness (QED) is 0.225. The predicted molar refractivity (Wildman–Crippen MR) is 144 cm³/mol. The Labute approximate surface area is 253 Å². The number of halogens is 6. The second-order valence-corrected chi connectivity index (χ2v) is 16.0. The van der Waals surface area contributed by atoms with Gasteiger partial charge in [0, 0.05) is 19.3 Å². The van der Waals surface area contributed by atoms with E-state index in [0.717, 1.165) is 13.3 Å². The number of esters is 2. The van der Waals surface area contributed by atoms with Gasteiger partial charge in [-0.2, -0.15) is 26.3 Å². The zero-order chi connectivity index (χ0) is 32.4. The van der Waals surface area contributed by atoms with Crippen molar-refractivity contribution in [3.63, 3.8) is 0 Å². The van der Waals surface area contributed by atoms with Crippen LogP contribution in [-0.4, -0.2) is 56.9 Å². The maximum absolute atomic E-state index is 15.1. The summed E-state index contributed by atoms with van der Waals surface area (Å²) < 4.78 is 101. The molecule has 8 saturated carbocycles. The summed E-state index contributed by atoms with van der Waals surface area (Å²) in [6, 6.07) is 0. The summed E-state index contributed by atoms with van der Waals surface area (Å²) in [5, 5.41) is 22.0. The zero-order valence-electron chi connectivity index (χ0n) is 25.6. The van der Waals surface area contributed by atoms with Crippen LogP contribution < -0.4 is 0 Å². The van der Waals surface area contributed by atoms with Crippen LogP contribution in [0.15, 0.2) is 0 Å². The van der Waals surface area contributed by atoms with Gasteiger partial charge in [0.25, 0.3) is 0 Å². The van der Waals surface area contributed by atoms with E-state index in [1.54, 1.807) is 6.92 Å². The highest BCUT2D eigenvalue weighted by molar-refractivity contribution is 5.83. The summed E-state index contributed by atoms with van der Waals surface area (Å²) in [6.07, 6.45) is -9.50. The largest absolute Gasteiger partial charge is 0.458 e. The van der Waals surface area contributed by atoms with Gasteiger partial charge in [0.1, 0.15) is 11.2 Å². The van der Waals surface area contributed by atoms with Crippen LogP contribution in [0.5, 0.6) is 0 Å². The van der Waals surface area contributed by atoms with Crippen LogP contribution in [0.4, 0.5) is 26.3 Å². The smallest absolute Gasteiger partial charge is 0.404 e. The molecule has 0 aromatic carbocycles. The molecule has 0 spiro atoms. The van der Waals surface area contributed by atoms with Crippen molar-refractivity contribution >= 4 is 11.9 Å². The van der Waals surface area contributed by atoms with E-state index in [1.807, 2.05) is 0 Å². The van der Waals surface area contributed by atoms with E-state index < -0.39 is 70.4 Å². The third-order valence-electron chi connectivity index (χ3n) is 12.9. The second kappa shape index (κ2) is 9.73. The minimum Gasteiger partial charge on any atom is -0.458 e. The summed E-state index contributed by atoms with van der Waals surface area (Å²) in [4.78, 5) is 27.5. The van der Waals surface area contributed by atoms with E-state index in [1.165, 1.54) is 0 Å². The van der Waals surface area contributed by atoms with Crippen molar-refractivity contribution in [2.75, 3.05) is 0 Å². The van der Waals surface area contributed by atoms with E-state index in [-0.39, 0.29) is 49.9 Å². The average Bonchev–Trinajstić information content (AvgIpc) is 2.85. The van der Waals surface area contributed by atoms with Gasteiger partial charge >= 0.3 is 24.3 Å². The molecule has 0 amide bonds. The fourth-order valence-electron chi connectivity index (χ4n) is 11.4. The zero-order valence-corrected chi connectivity index (χ0v) is 25.6. The lowest BCUT2D eigenvalue weighted by molar-refractivity contribution is -0.293. The molecule has 44 heavy (non-hydrogen) atoms. The van der Waals surface area contributed by atoms with Crippen LogP contribution >= 0.6 is 0 Å². The van der Waals surface area contributed by atoms with Crippen LogP contribution in [-0.2, 0) is 19.1 Å². The Hall–Kier alpha value is -1.56. The molecule has 8 bridgehead atoms. The minimum absolute atomic E-state index is 0.00609. The van der Waals surface area contributed by atoms with E-state index in [2.05, 4.69) is 0 Å². The van der Waals surface area contributed by atoms with Gasteiger partial charge in [-0.15, -0.1) is 0 Å². The molecule has 0 aliphatic heterocycles. The van der Waals surface area contributed by atoms with Crippen molar-refractivity contribution < 1.29 is 55.6 Å². The average molecular weight is 639 g/mol. The second-order valence-electron chi connectivity index (χ2n) is 16.0. The first-order chi connectivity index (χ1) is 20.2. The summed E-state index contributed by atoms with van der Waals surface area (Å²) in [7, 11) is 0. The third-order valence-corrected chi connectivity index (χ3v) is 12.9. The highest BCUT2D eigenvalue weighted by atomic mass is 19.4. The number of alkyl halides is 6. The van der Waals surface area contributed by atoms with Gasteiger partial charge in [-0.05, 0) is 107 Å². The first-order valence-corrected chi connectivity index (χ1v) is 16.2. The molecule has 12 heteroatoms. The van der Waals surface area contributed by atoms with Crippen molar-refractivity contribution in [2.24, 2.45) is 40.4 Å². The lowest BCUT2D eigenvalue weighted by atomic mass is 9.49. The molecule has 8 aliphatic carbocycles. The van der Waals surface area contributed by atoms with Crippen molar-refractivity contribution in [2.45, 2.75) is 145 Å². The molecule has 0 radical (unpaired) electrons. The van der Waals surface area contributed by atoms with Gasteiger partial charge in [-0.25, -0.2) is 0 Å². The van der Waals surface area contributed by atoms with E-state index in [9.17, 15) is 33.0 Å². The van der Waals surface area contributed by atoms with E-state index in [0.29, 0.717) is 57.3 Å².